The highest BCUT2D eigenvalue weighted by atomic mass is 79.9. The number of rotatable bonds is 7. The lowest BCUT2D eigenvalue weighted by Crippen LogP contribution is -2.21. The monoisotopic (exact) mass is 314 g/mol. The Kier molecular flexibility index (Phi) is 4.97. The Balaban J connectivity index is 2.01. The summed E-state index contributed by atoms with van der Waals surface area (Å²) in [4.78, 5) is 4.33. The van der Waals surface area contributed by atoms with Crippen LogP contribution in [0.2, 0.25) is 0 Å². The molecule has 4 nitrogen and oxygen atoms in total. The Hall–Kier alpha value is -0.650. The Morgan fingerprint density at radius 3 is 3.00 bits per heavy atom. The molecule has 1 heterocycles. The number of aromatic nitrogens is 1. The molecule has 1 aliphatic carbocycles. The van der Waals surface area contributed by atoms with E-state index in [9.17, 15) is 0 Å². The molecule has 0 aliphatic heterocycles. The van der Waals surface area contributed by atoms with Crippen LogP contribution < -0.4 is 10.1 Å². The summed E-state index contributed by atoms with van der Waals surface area (Å²) in [5.41, 5.74) is 1.08. The molecule has 0 radical (unpaired) electrons. The van der Waals surface area contributed by atoms with E-state index in [1.807, 2.05) is 6.92 Å². The van der Waals surface area contributed by atoms with Crippen LogP contribution >= 0.6 is 15.9 Å². The van der Waals surface area contributed by atoms with E-state index >= 15 is 0 Å². The summed E-state index contributed by atoms with van der Waals surface area (Å²) in [5, 5.41) is 3.47. The summed E-state index contributed by atoms with van der Waals surface area (Å²) >= 11 is 3.45. The van der Waals surface area contributed by atoms with Crippen molar-refractivity contribution in [1.82, 2.24) is 10.3 Å². The van der Waals surface area contributed by atoms with Crippen molar-refractivity contribution >= 4 is 15.9 Å². The molecule has 0 aromatic carbocycles. The van der Waals surface area contributed by atoms with Gasteiger partial charge in [0.2, 0.25) is 5.88 Å². The van der Waals surface area contributed by atoms with Gasteiger partial charge in [0.1, 0.15) is 6.10 Å². The van der Waals surface area contributed by atoms with E-state index in [1.165, 1.54) is 12.8 Å². The lowest BCUT2D eigenvalue weighted by molar-refractivity contribution is 0.0881. The molecule has 1 N–H and O–H groups in total. The van der Waals surface area contributed by atoms with Gasteiger partial charge in [0.25, 0.3) is 0 Å². The molecule has 1 aromatic rings. The number of hydrogen-bond donors (Lipinski definition) is 1. The van der Waals surface area contributed by atoms with Gasteiger partial charge in [0.05, 0.1) is 6.61 Å². The fourth-order valence-corrected chi connectivity index (χ4v) is 2.08. The molecular formula is C13H19BrN2O2. The standard InChI is InChI=1S/C13H19BrN2O2/c1-9(8-17-2)18-13-10(5-11(14)7-16-13)6-15-12-3-4-12/h5,7,9,12,15H,3-4,6,8H2,1-2H3. The van der Waals surface area contributed by atoms with E-state index in [0.717, 1.165) is 16.6 Å². The van der Waals surface area contributed by atoms with E-state index < -0.39 is 0 Å². The second-order valence-corrected chi connectivity index (χ2v) is 5.57. The predicted molar refractivity (Wildman–Crippen MR) is 73.8 cm³/mol. The van der Waals surface area contributed by atoms with Gasteiger partial charge in [-0.25, -0.2) is 4.98 Å². The maximum absolute atomic E-state index is 5.80. The third kappa shape index (κ3) is 4.23. The zero-order chi connectivity index (χ0) is 13.0. The third-order valence-electron chi connectivity index (χ3n) is 2.76. The van der Waals surface area contributed by atoms with Gasteiger partial charge in [-0.05, 0) is 41.8 Å². The first-order valence-electron chi connectivity index (χ1n) is 6.22. The summed E-state index contributed by atoms with van der Waals surface area (Å²) in [6, 6.07) is 2.73. The predicted octanol–water partition coefficient (Wildman–Crippen LogP) is 2.51. The first-order valence-corrected chi connectivity index (χ1v) is 7.01. The second kappa shape index (κ2) is 6.50. The SMILES string of the molecule is COCC(C)Oc1ncc(Br)cc1CNC1CC1. The minimum Gasteiger partial charge on any atom is -0.472 e. The maximum Gasteiger partial charge on any atom is 0.218 e. The van der Waals surface area contributed by atoms with Crippen LogP contribution in [0.4, 0.5) is 0 Å². The number of hydrogen-bond acceptors (Lipinski definition) is 4. The van der Waals surface area contributed by atoms with Gasteiger partial charge in [0.15, 0.2) is 0 Å². The van der Waals surface area contributed by atoms with Crippen molar-refractivity contribution in [2.45, 2.75) is 38.5 Å². The zero-order valence-corrected chi connectivity index (χ0v) is 12.4. The molecule has 5 heteroatoms. The van der Waals surface area contributed by atoms with Gasteiger partial charge in [-0.2, -0.15) is 0 Å². The molecule has 18 heavy (non-hydrogen) atoms. The van der Waals surface area contributed by atoms with Crippen molar-refractivity contribution in [3.63, 3.8) is 0 Å². The van der Waals surface area contributed by atoms with Crippen LogP contribution in [0, 0.1) is 0 Å². The number of nitrogens with zero attached hydrogens (tertiary/aromatic N) is 1. The van der Waals surface area contributed by atoms with Crippen LogP contribution in [0.25, 0.3) is 0 Å². The van der Waals surface area contributed by atoms with E-state index in [-0.39, 0.29) is 6.10 Å². The molecule has 1 aromatic heterocycles. The molecule has 0 saturated heterocycles. The minimum absolute atomic E-state index is 0.00310. The van der Waals surface area contributed by atoms with E-state index in [1.54, 1.807) is 13.3 Å². The van der Waals surface area contributed by atoms with E-state index in [4.69, 9.17) is 9.47 Å². The van der Waals surface area contributed by atoms with Crippen LogP contribution in [-0.4, -0.2) is 30.8 Å². The average Bonchev–Trinajstić information content (AvgIpc) is 3.14. The summed E-state index contributed by atoms with van der Waals surface area (Å²) in [6.45, 7) is 3.34. The Labute approximate surface area is 116 Å². The van der Waals surface area contributed by atoms with Gasteiger partial charge in [-0.3, -0.25) is 0 Å². The summed E-state index contributed by atoms with van der Waals surface area (Å²) in [6.07, 6.45) is 4.31. The van der Waals surface area contributed by atoms with Crippen molar-refractivity contribution in [3.8, 4) is 5.88 Å². The molecule has 100 valence electrons. The highest BCUT2D eigenvalue weighted by molar-refractivity contribution is 9.10. The quantitative estimate of drug-likeness (QED) is 0.840. The number of nitrogens with one attached hydrogen (secondary N) is 1. The van der Waals surface area contributed by atoms with Gasteiger partial charge in [0, 0.05) is 35.9 Å². The number of pyridine rings is 1. The molecule has 0 spiro atoms. The van der Waals surface area contributed by atoms with Crippen molar-refractivity contribution in [2.24, 2.45) is 0 Å². The largest absolute Gasteiger partial charge is 0.472 e. The average molecular weight is 315 g/mol. The summed E-state index contributed by atoms with van der Waals surface area (Å²) in [5.74, 6) is 0.691. The van der Waals surface area contributed by atoms with Crippen molar-refractivity contribution in [3.05, 3.63) is 22.3 Å². The van der Waals surface area contributed by atoms with Gasteiger partial charge in [-0.1, -0.05) is 0 Å². The van der Waals surface area contributed by atoms with Crippen molar-refractivity contribution < 1.29 is 9.47 Å². The number of methoxy groups -OCH3 is 1. The van der Waals surface area contributed by atoms with Gasteiger partial charge < -0.3 is 14.8 Å². The zero-order valence-electron chi connectivity index (χ0n) is 10.8. The maximum atomic E-state index is 5.80. The highest BCUT2D eigenvalue weighted by Crippen LogP contribution is 2.24. The first kappa shape index (κ1) is 13.8. The summed E-state index contributed by atoms with van der Waals surface area (Å²) < 4.78 is 11.8. The number of halogens is 1. The third-order valence-corrected chi connectivity index (χ3v) is 3.20. The molecule has 1 saturated carbocycles. The van der Waals surface area contributed by atoms with Crippen molar-refractivity contribution in [2.75, 3.05) is 13.7 Å². The fourth-order valence-electron chi connectivity index (χ4n) is 1.70. The smallest absolute Gasteiger partial charge is 0.218 e. The molecule has 1 fully saturated rings. The Morgan fingerprint density at radius 2 is 2.33 bits per heavy atom. The lowest BCUT2D eigenvalue weighted by Gasteiger charge is -2.16. The molecule has 2 rings (SSSR count). The summed E-state index contributed by atoms with van der Waals surface area (Å²) in [7, 11) is 1.67. The van der Waals surface area contributed by atoms with E-state index in [0.29, 0.717) is 18.5 Å². The lowest BCUT2D eigenvalue weighted by atomic mass is 10.2. The molecule has 1 atom stereocenters. The van der Waals surface area contributed by atoms with Crippen LogP contribution in [0.1, 0.15) is 25.3 Å². The van der Waals surface area contributed by atoms with E-state index in [2.05, 4.69) is 32.3 Å². The Bertz CT molecular complexity index is 397. The molecule has 1 unspecified atom stereocenters. The molecule has 1 aliphatic rings. The highest BCUT2D eigenvalue weighted by Gasteiger charge is 2.21. The molecule has 0 bridgehead atoms. The van der Waals surface area contributed by atoms with Crippen LogP contribution in [0.5, 0.6) is 5.88 Å². The van der Waals surface area contributed by atoms with Crippen molar-refractivity contribution in [1.29, 1.82) is 0 Å². The number of ether oxygens (including phenoxy) is 2. The fraction of sp³-hybridized carbons (Fsp3) is 0.615. The van der Waals surface area contributed by atoms with Crippen LogP contribution in [0.15, 0.2) is 16.7 Å². The molecular weight excluding hydrogens is 296 g/mol. The minimum atomic E-state index is 0.00310. The van der Waals surface area contributed by atoms with Crippen LogP contribution in [-0.2, 0) is 11.3 Å². The topological polar surface area (TPSA) is 43.4 Å². The van der Waals surface area contributed by atoms with Gasteiger partial charge >= 0.3 is 0 Å². The van der Waals surface area contributed by atoms with Crippen LogP contribution in [0.3, 0.4) is 0 Å². The molecule has 0 amide bonds. The first-order chi connectivity index (χ1) is 8.69. The Morgan fingerprint density at radius 1 is 1.56 bits per heavy atom. The second-order valence-electron chi connectivity index (χ2n) is 4.66. The normalized spacial score (nSPS) is 16.6. The van der Waals surface area contributed by atoms with Gasteiger partial charge in [-0.15, -0.1) is 0 Å².